The number of nitrogens with two attached hydrogens (primary N) is 1. The monoisotopic (exact) mass is 436 g/mol. The Morgan fingerprint density at radius 3 is 2.83 bits per heavy atom. The van der Waals surface area contributed by atoms with Gasteiger partial charge in [0, 0.05) is 31.3 Å². The first-order valence-corrected chi connectivity index (χ1v) is 10.3. The molecule has 0 aromatic heterocycles. The van der Waals surface area contributed by atoms with Crippen molar-refractivity contribution in [2.75, 3.05) is 32.8 Å². The average molecular weight is 437 g/mol. The van der Waals surface area contributed by atoms with Crippen molar-refractivity contribution in [1.29, 1.82) is 0 Å². The zero-order chi connectivity index (χ0) is 21.5. The number of benzene rings is 2. The summed E-state index contributed by atoms with van der Waals surface area (Å²) >= 11 is 5.90. The maximum absolute atomic E-state index is 13.1. The molecular formula is C22H26ClFN2O4. The van der Waals surface area contributed by atoms with Gasteiger partial charge in [0.15, 0.2) is 0 Å². The molecule has 1 aliphatic rings. The number of ether oxygens (including phenoxy) is 2. The highest BCUT2D eigenvalue weighted by Crippen LogP contribution is 2.23. The second-order valence-electron chi connectivity index (χ2n) is 7.41. The van der Waals surface area contributed by atoms with Crippen molar-refractivity contribution >= 4 is 17.5 Å². The van der Waals surface area contributed by atoms with E-state index in [-0.39, 0.29) is 24.1 Å². The Hall–Kier alpha value is -2.19. The molecule has 30 heavy (non-hydrogen) atoms. The van der Waals surface area contributed by atoms with Crippen LogP contribution in [-0.4, -0.2) is 61.0 Å². The minimum absolute atomic E-state index is 0.0158. The molecule has 0 unspecified atom stereocenters. The van der Waals surface area contributed by atoms with Crippen LogP contribution in [-0.2, 0) is 11.2 Å². The van der Waals surface area contributed by atoms with Gasteiger partial charge in [-0.2, -0.15) is 0 Å². The van der Waals surface area contributed by atoms with Crippen molar-refractivity contribution in [3.63, 3.8) is 0 Å². The molecule has 0 aliphatic carbocycles. The number of hydrogen-bond acceptors (Lipinski definition) is 5. The van der Waals surface area contributed by atoms with Gasteiger partial charge in [-0.1, -0.05) is 23.7 Å². The molecule has 1 fully saturated rings. The predicted octanol–water partition coefficient (Wildman–Crippen LogP) is 2.65. The lowest BCUT2D eigenvalue weighted by atomic mass is 10.1. The van der Waals surface area contributed by atoms with Crippen molar-refractivity contribution in [3.8, 4) is 5.75 Å². The molecule has 0 radical (unpaired) electrons. The number of β-amino-alcohol motifs (C(OH)–C–C–N with tert-alkyl or cyclic N) is 1. The fraction of sp³-hybridized carbons (Fsp3) is 0.409. The Morgan fingerprint density at radius 2 is 2.10 bits per heavy atom. The summed E-state index contributed by atoms with van der Waals surface area (Å²) in [4.78, 5) is 13.7. The Kier molecular flexibility index (Phi) is 8.04. The highest BCUT2D eigenvalue weighted by atomic mass is 35.5. The van der Waals surface area contributed by atoms with Gasteiger partial charge < -0.3 is 20.3 Å². The Bertz CT molecular complexity index is 850. The van der Waals surface area contributed by atoms with Gasteiger partial charge in [-0.05, 0) is 48.7 Å². The van der Waals surface area contributed by atoms with Gasteiger partial charge in [-0.25, -0.2) is 4.39 Å². The molecule has 0 saturated carbocycles. The molecule has 2 aromatic rings. The summed E-state index contributed by atoms with van der Waals surface area (Å²) in [5.41, 5.74) is 6.55. The van der Waals surface area contributed by atoms with Crippen LogP contribution in [0.15, 0.2) is 42.5 Å². The quantitative estimate of drug-likeness (QED) is 0.664. The zero-order valence-electron chi connectivity index (χ0n) is 16.6. The summed E-state index contributed by atoms with van der Waals surface area (Å²) in [6.07, 6.45) is 0.738. The third kappa shape index (κ3) is 6.67. The fourth-order valence-corrected chi connectivity index (χ4v) is 3.67. The maximum atomic E-state index is 13.1. The predicted molar refractivity (Wildman–Crippen MR) is 112 cm³/mol. The van der Waals surface area contributed by atoms with Gasteiger partial charge >= 0.3 is 0 Å². The van der Waals surface area contributed by atoms with Gasteiger partial charge in [0.1, 0.15) is 24.3 Å². The van der Waals surface area contributed by atoms with Crippen LogP contribution in [0.25, 0.3) is 0 Å². The topological polar surface area (TPSA) is 85.0 Å². The summed E-state index contributed by atoms with van der Waals surface area (Å²) in [6.45, 7) is 2.51. The van der Waals surface area contributed by atoms with Crippen molar-refractivity contribution < 1.29 is 23.8 Å². The second kappa shape index (κ2) is 10.7. The standard InChI is InChI=1S/C22H26ClFN2O4/c23-16-4-7-21(20(11-16)22(25)28)30-14-18(27)12-26-8-1-9-29-19(13-26)10-15-2-5-17(24)6-3-15/h2-7,11,18-19,27H,1,8-10,12-14H2,(H2,25,28)/t18-,19+/m1/s1. The summed E-state index contributed by atoms with van der Waals surface area (Å²) in [5.74, 6) is -0.611. The Morgan fingerprint density at radius 1 is 1.33 bits per heavy atom. The van der Waals surface area contributed by atoms with Gasteiger partial charge in [0.25, 0.3) is 5.91 Å². The second-order valence-corrected chi connectivity index (χ2v) is 7.84. The summed E-state index contributed by atoms with van der Waals surface area (Å²) in [6, 6.07) is 11.0. The molecule has 6 nitrogen and oxygen atoms in total. The van der Waals surface area contributed by atoms with Crippen LogP contribution >= 0.6 is 11.6 Å². The fourth-order valence-electron chi connectivity index (χ4n) is 3.50. The number of amides is 1. The Labute approximate surface area is 180 Å². The minimum atomic E-state index is -0.758. The molecule has 1 aliphatic heterocycles. The van der Waals surface area contributed by atoms with Crippen molar-refractivity contribution in [2.45, 2.75) is 25.0 Å². The lowest BCUT2D eigenvalue weighted by molar-refractivity contribution is 0.0360. The van der Waals surface area contributed by atoms with Gasteiger partial charge in [-0.3, -0.25) is 9.69 Å². The number of carbonyl (C=O) groups excluding carboxylic acids is 1. The molecule has 0 spiro atoms. The van der Waals surface area contributed by atoms with E-state index in [2.05, 4.69) is 4.90 Å². The summed E-state index contributed by atoms with van der Waals surface area (Å²) in [7, 11) is 0. The summed E-state index contributed by atoms with van der Waals surface area (Å²) in [5, 5.41) is 10.8. The van der Waals surface area contributed by atoms with E-state index >= 15 is 0 Å². The molecule has 1 amide bonds. The van der Waals surface area contributed by atoms with E-state index < -0.39 is 12.0 Å². The molecule has 0 bridgehead atoms. The van der Waals surface area contributed by atoms with E-state index in [1.165, 1.54) is 18.2 Å². The zero-order valence-corrected chi connectivity index (χ0v) is 17.4. The number of aliphatic hydroxyl groups excluding tert-OH is 1. The molecular weight excluding hydrogens is 411 g/mol. The minimum Gasteiger partial charge on any atom is -0.490 e. The molecule has 2 atom stereocenters. The molecule has 1 heterocycles. The van der Waals surface area contributed by atoms with Crippen molar-refractivity contribution in [1.82, 2.24) is 4.90 Å². The van der Waals surface area contributed by atoms with Crippen LogP contribution < -0.4 is 10.5 Å². The van der Waals surface area contributed by atoms with Gasteiger partial charge in [0.2, 0.25) is 0 Å². The highest BCUT2D eigenvalue weighted by Gasteiger charge is 2.22. The molecule has 3 rings (SSSR count). The molecule has 1 saturated heterocycles. The molecule has 162 valence electrons. The lowest BCUT2D eigenvalue weighted by Gasteiger charge is -2.26. The molecule has 2 aromatic carbocycles. The number of primary amides is 1. The van der Waals surface area contributed by atoms with E-state index in [9.17, 15) is 14.3 Å². The molecule has 3 N–H and O–H groups in total. The number of halogens is 2. The van der Waals surface area contributed by atoms with Gasteiger partial charge in [0.05, 0.1) is 11.7 Å². The van der Waals surface area contributed by atoms with E-state index in [1.807, 2.05) is 0 Å². The highest BCUT2D eigenvalue weighted by molar-refractivity contribution is 6.31. The molecule has 8 heteroatoms. The van der Waals surface area contributed by atoms with Crippen LogP contribution in [0.4, 0.5) is 4.39 Å². The largest absolute Gasteiger partial charge is 0.490 e. The van der Waals surface area contributed by atoms with E-state index in [0.717, 1.165) is 18.5 Å². The third-order valence-electron chi connectivity index (χ3n) is 4.92. The third-order valence-corrected chi connectivity index (χ3v) is 5.15. The maximum Gasteiger partial charge on any atom is 0.252 e. The van der Waals surface area contributed by atoms with Crippen LogP contribution in [0.1, 0.15) is 22.3 Å². The SMILES string of the molecule is NC(=O)c1cc(Cl)ccc1OC[C@H](O)CN1CCCO[C@@H](Cc2ccc(F)cc2)C1. The van der Waals surface area contributed by atoms with Crippen LogP contribution in [0.2, 0.25) is 5.02 Å². The number of aliphatic hydroxyl groups is 1. The first-order valence-electron chi connectivity index (χ1n) is 9.89. The van der Waals surface area contributed by atoms with Crippen LogP contribution in [0.3, 0.4) is 0 Å². The van der Waals surface area contributed by atoms with Crippen molar-refractivity contribution in [3.05, 3.63) is 64.4 Å². The number of carbonyl (C=O) groups is 1. The summed E-state index contributed by atoms with van der Waals surface area (Å²) < 4.78 is 24.6. The Balaban J connectivity index is 1.53. The van der Waals surface area contributed by atoms with Crippen LogP contribution in [0.5, 0.6) is 5.75 Å². The average Bonchev–Trinajstić information content (AvgIpc) is 2.93. The van der Waals surface area contributed by atoms with E-state index in [0.29, 0.717) is 36.9 Å². The normalized spacial score (nSPS) is 18.6. The smallest absolute Gasteiger partial charge is 0.252 e. The van der Waals surface area contributed by atoms with Crippen LogP contribution in [0, 0.1) is 5.82 Å². The van der Waals surface area contributed by atoms with Crippen molar-refractivity contribution in [2.24, 2.45) is 5.73 Å². The lowest BCUT2D eigenvalue weighted by Crippen LogP contribution is -2.40. The first kappa shape index (κ1) is 22.5. The van der Waals surface area contributed by atoms with E-state index in [4.69, 9.17) is 26.8 Å². The number of nitrogens with zero attached hydrogens (tertiary/aromatic N) is 1. The number of rotatable bonds is 8. The van der Waals surface area contributed by atoms with E-state index in [1.54, 1.807) is 24.3 Å². The van der Waals surface area contributed by atoms with Gasteiger partial charge in [-0.15, -0.1) is 0 Å². The first-order chi connectivity index (χ1) is 14.4. The number of hydrogen-bond donors (Lipinski definition) is 2.